The zero-order valence-electron chi connectivity index (χ0n) is 17.0. The molecule has 0 radical (unpaired) electrons. The minimum absolute atomic E-state index is 0. The first-order chi connectivity index (χ1) is 12.2. The third-order valence-corrected chi connectivity index (χ3v) is 5.40. The summed E-state index contributed by atoms with van der Waals surface area (Å²) in [6, 6.07) is 0.542. The molecule has 2 saturated heterocycles. The van der Waals surface area contributed by atoms with Crippen molar-refractivity contribution in [2.24, 2.45) is 10.9 Å². The third kappa shape index (κ3) is 8.71. The van der Waals surface area contributed by atoms with Crippen molar-refractivity contribution in [3.8, 4) is 0 Å². The smallest absolute Gasteiger partial charge is 0.191 e. The number of likely N-dealkylation sites (tertiary alicyclic amines) is 1. The van der Waals surface area contributed by atoms with Gasteiger partial charge in [0, 0.05) is 52.4 Å². The van der Waals surface area contributed by atoms with E-state index in [2.05, 4.69) is 39.3 Å². The minimum Gasteiger partial charge on any atom is -0.381 e. The van der Waals surface area contributed by atoms with Gasteiger partial charge in [-0.1, -0.05) is 13.8 Å². The average molecular weight is 481 g/mol. The second-order valence-corrected chi connectivity index (χ2v) is 7.38. The van der Waals surface area contributed by atoms with Gasteiger partial charge in [-0.25, -0.2) is 0 Å². The van der Waals surface area contributed by atoms with Crippen molar-refractivity contribution < 1.29 is 4.74 Å². The van der Waals surface area contributed by atoms with Crippen LogP contribution < -0.4 is 10.6 Å². The Balaban J connectivity index is 0.00000338. The molecule has 154 valence electrons. The van der Waals surface area contributed by atoms with E-state index in [9.17, 15) is 0 Å². The molecule has 0 saturated carbocycles. The molecule has 7 heteroatoms. The molecule has 2 heterocycles. The Hall–Kier alpha value is -0.120. The Morgan fingerprint density at radius 1 is 1.19 bits per heavy atom. The highest BCUT2D eigenvalue weighted by Crippen LogP contribution is 2.17. The van der Waals surface area contributed by atoms with Gasteiger partial charge in [-0.3, -0.25) is 4.99 Å². The largest absolute Gasteiger partial charge is 0.381 e. The molecule has 0 spiro atoms. The van der Waals surface area contributed by atoms with E-state index in [0.717, 1.165) is 44.7 Å². The maximum atomic E-state index is 5.50. The van der Waals surface area contributed by atoms with Crippen LogP contribution in [0, 0.1) is 5.92 Å². The van der Waals surface area contributed by atoms with Crippen molar-refractivity contribution >= 4 is 29.9 Å². The zero-order chi connectivity index (χ0) is 17.9. The summed E-state index contributed by atoms with van der Waals surface area (Å²) in [4.78, 5) is 9.49. The number of likely N-dealkylation sites (N-methyl/N-ethyl adjacent to an activating group) is 1. The van der Waals surface area contributed by atoms with Gasteiger partial charge in [0.1, 0.15) is 0 Å². The van der Waals surface area contributed by atoms with E-state index in [1.807, 2.05) is 7.05 Å². The first-order valence-electron chi connectivity index (χ1n) is 10.2. The number of piperidine rings is 1. The highest BCUT2D eigenvalue weighted by atomic mass is 127. The number of nitrogens with one attached hydrogen (secondary N) is 2. The summed E-state index contributed by atoms with van der Waals surface area (Å²) < 4.78 is 5.50. The molecule has 2 aliphatic heterocycles. The van der Waals surface area contributed by atoms with E-state index < -0.39 is 0 Å². The molecule has 0 aromatic rings. The van der Waals surface area contributed by atoms with Crippen LogP contribution >= 0.6 is 24.0 Å². The number of rotatable bonds is 9. The quantitative estimate of drug-likeness (QED) is 0.300. The molecule has 0 aliphatic carbocycles. The Labute approximate surface area is 177 Å². The summed E-state index contributed by atoms with van der Waals surface area (Å²) in [6.07, 6.45) is 4.85. The molecule has 2 fully saturated rings. The average Bonchev–Trinajstić information content (AvgIpc) is 3.14. The fourth-order valence-corrected chi connectivity index (χ4v) is 3.82. The van der Waals surface area contributed by atoms with E-state index in [-0.39, 0.29) is 24.0 Å². The summed E-state index contributed by atoms with van der Waals surface area (Å²) in [5.74, 6) is 1.71. The number of hydrogen-bond acceptors (Lipinski definition) is 4. The van der Waals surface area contributed by atoms with Gasteiger partial charge in [0.15, 0.2) is 5.96 Å². The summed E-state index contributed by atoms with van der Waals surface area (Å²) in [5.41, 5.74) is 0. The van der Waals surface area contributed by atoms with Gasteiger partial charge in [0.05, 0.1) is 6.61 Å². The molecule has 1 unspecified atom stereocenters. The lowest BCUT2D eigenvalue weighted by Gasteiger charge is -2.34. The van der Waals surface area contributed by atoms with Crippen LogP contribution in [0.25, 0.3) is 0 Å². The van der Waals surface area contributed by atoms with Crippen LogP contribution in [-0.2, 0) is 4.74 Å². The Kier molecular flexibility index (Phi) is 12.8. The van der Waals surface area contributed by atoms with E-state index in [1.54, 1.807) is 0 Å². The van der Waals surface area contributed by atoms with Crippen LogP contribution in [0.3, 0.4) is 0 Å². The lowest BCUT2D eigenvalue weighted by molar-refractivity contribution is 0.150. The fourth-order valence-electron chi connectivity index (χ4n) is 3.82. The van der Waals surface area contributed by atoms with Crippen molar-refractivity contribution in [3.05, 3.63) is 0 Å². The van der Waals surface area contributed by atoms with Crippen LogP contribution in [0.15, 0.2) is 4.99 Å². The second-order valence-electron chi connectivity index (χ2n) is 7.38. The first-order valence-corrected chi connectivity index (χ1v) is 10.2. The maximum Gasteiger partial charge on any atom is 0.191 e. The lowest BCUT2D eigenvalue weighted by Crippen LogP contribution is -2.50. The maximum absolute atomic E-state index is 5.50. The van der Waals surface area contributed by atoms with Gasteiger partial charge in [-0.2, -0.15) is 0 Å². The van der Waals surface area contributed by atoms with Gasteiger partial charge in [-0.05, 0) is 44.7 Å². The van der Waals surface area contributed by atoms with E-state index in [1.165, 1.54) is 51.9 Å². The third-order valence-electron chi connectivity index (χ3n) is 5.40. The Bertz CT molecular complexity index is 382. The highest BCUT2D eigenvalue weighted by molar-refractivity contribution is 14.0. The monoisotopic (exact) mass is 481 g/mol. The lowest BCUT2D eigenvalue weighted by atomic mass is 10.0. The predicted molar refractivity (Wildman–Crippen MR) is 121 cm³/mol. The highest BCUT2D eigenvalue weighted by Gasteiger charge is 2.24. The molecule has 0 aromatic carbocycles. The van der Waals surface area contributed by atoms with Crippen molar-refractivity contribution in [2.75, 3.05) is 66.1 Å². The molecular weight excluding hydrogens is 441 g/mol. The van der Waals surface area contributed by atoms with Gasteiger partial charge in [0.2, 0.25) is 0 Å². The first kappa shape index (κ1) is 23.9. The Morgan fingerprint density at radius 3 is 2.54 bits per heavy atom. The van der Waals surface area contributed by atoms with Gasteiger partial charge < -0.3 is 25.2 Å². The summed E-state index contributed by atoms with van der Waals surface area (Å²) in [7, 11) is 1.87. The topological polar surface area (TPSA) is 52.1 Å². The molecule has 2 rings (SSSR count). The van der Waals surface area contributed by atoms with Crippen molar-refractivity contribution in [3.63, 3.8) is 0 Å². The zero-order valence-corrected chi connectivity index (χ0v) is 19.3. The molecule has 0 bridgehead atoms. The number of guanidine groups is 1. The fraction of sp³-hybridized carbons (Fsp3) is 0.947. The number of ether oxygens (including phenoxy) is 1. The molecule has 2 aliphatic rings. The number of aliphatic imine (C=N–C) groups is 1. The van der Waals surface area contributed by atoms with E-state index in [0.29, 0.717) is 6.04 Å². The predicted octanol–water partition coefficient (Wildman–Crippen LogP) is 2.00. The van der Waals surface area contributed by atoms with E-state index in [4.69, 9.17) is 4.74 Å². The van der Waals surface area contributed by atoms with Crippen LogP contribution in [0.5, 0.6) is 0 Å². The normalized spacial score (nSPS) is 22.5. The number of halogens is 1. The van der Waals surface area contributed by atoms with E-state index >= 15 is 0 Å². The van der Waals surface area contributed by atoms with Crippen LogP contribution in [0.1, 0.15) is 39.5 Å². The molecule has 6 nitrogen and oxygen atoms in total. The molecular formula is C19H40IN5O. The molecule has 0 amide bonds. The number of hydrogen-bond donors (Lipinski definition) is 2. The summed E-state index contributed by atoms with van der Waals surface area (Å²) >= 11 is 0. The van der Waals surface area contributed by atoms with Crippen molar-refractivity contribution in [2.45, 2.75) is 45.6 Å². The van der Waals surface area contributed by atoms with Crippen LogP contribution in [0.2, 0.25) is 0 Å². The van der Waals surface area contributed by atoms with Gasteiger partial charge in [-0.15, -0.1) is 24.0 Å². The molecule has 2 N–H and O–H groups in total. The SMILES string of the molecule is CCCN(CC)CCNC(=NC)NC1CCN(CC2CCOC2)CC1.I. The summed E-state index contributed by atoms with van der Waals surface area (Å²) in [6.45, 7) is 14.3. The molecule has 1 atom stereocenters. The van der Waals surface area contributed by atoms with Gasteiger partial charge >= 0.3 is 0 Å². The van der Waals surface area contributed by atoms with Crippen LogP contribution in [-0.4, -0.2) is 87.9 Å². The summed E-state index contributed by atoms with van der Waals surface area (Å²) in [5, 5.41) is 7.09. The van der Waals surface area contributed by atoms with Crippen molar-refractivity contribution in [1.82, 2.24) is 20.4 Å². The van der Waals surface area contributed by atoms with Crippen LogP contribution in [0.4, 0.5) is 0 Å². The van der Waals surface area contributed by atoms with Crippen molar-refractivity contribution in [1.29, 1.82) is 0 Å². The molecule has 26 heavy (non-hydrogen) atoms. The standard InChI is InChI=1S/C19H39N5O.HI/c1-4-10-23(5-2)13-9-21-19(20-3)22-18-6-11-24(12-7-18)15-17-8-14-25-16-17;/h17-18H,4-16H2,1-3H3,(H2,20,21,22);1H. The minimum atomic E-state index is 0. The Morgan fingerprint density at radius 2 is 1.96 bits per heavy atom. The second kappa shape index (κ2) is 14.0. The van der Waals surface area contributed by atoms with Gasteiger partial charge in [0.25, 0.3) is 0 Å². The molecule has 0 aromatic heterocycles. The number of nitrogens with zero attached hydrogens (tertiary/aromatic N) is 3.